The smallest absolute Gasteiger partial charge is 0.381 e. The number of rotatable bonds is 4. The van der Waals surface area contributed by atoms with Crippen molar-refractivity contribution in [2.24, 2.45) is 5.92 Å². The van der Waals surface area contributed by atoms with E-state index in [1.54, 1.807) is 0 Å². The molecule has 0 radical (unpaired) electrons. The molecular formula is C13H15ClF3N. The van der Waals surface area contributed by atoms with E-state index < -0.39 is 11.7 Å². The Bertz CT molecular complexity index is 427. The molecule has 0 heterocycles. The minimum Gasteiger partial charge on any atom is -0.381 e. The van der Waals surface area contributed by atoms with E-state index >= 15 is 0 Å². The SMILES string of the molecule is CC(CC1CC1)Nc1cc(C(F)(F)F)ccc1Cl. The minimum absolute atomic E-state index is 0.137. The lowest BCUT2D eigenvalue weighted by Gasteiger charge is -2.17. The summed E-state index contributed by atoms with van der Waals surface area (Å²) in [6.45, 7) is 1.97. The number of benzene rings is 1. The summed E-state index contributed by atoms with van der Waals surface area (Å²) >= 11 is 5.91. The predicted octanol–water partition coefficient (Wildman–Crippen LogP) is 4.96. The summed E-state index contributed by atoms with van der Waals surface area (Å²) in [5, 5.41) is 3.39. The fourth-order valence-electron chi connectivity index (χ4n) is 1.99. The Kier molecular flexibility index (Phi) is 3.76. The normalized spacial score (nSPS) is 17.6. The van der Waals surface area contributed by atoms with Gasteiger partial charge in [0.2, 0.25) is 0 Å². The van der Waals surface area contributed by atoms with Gasteiger partial charge in [0.25, 0.3) is 0 Å². The third-order valence-electron chi connectivity index (χ3n) is 3.08. The van der Waals surface area contributed by atoms with Gasteiger partial charge in [0.05, 0.1) is 16.3 Å². The molecular weight excluding hydrogens is 263 g/mol. The fraction of sp³-hybridized carbons (Fsp3) is 0.538. The zero-order valence-electron chi connectivity index (χ0n) is 10.0. The molecule has 1 aliphatic rings. The van der Waals surface area contributed by atoms with Crippen molar-refractivity contribution < 1.29 is 13.2 Å². The van der Waals surface area contributed by atoms with Crippen LogP contribution in [0.3, 0.4) is 0 Å². The van der Waals surface area contributed by atoms with Gasteiger partial charge < -0.3 is 5.32 Å². The van der Waals surface area contributed by atoms with Crippen molar-refractivity contribution in [1.29, 1.82) is 0 Å². The average Bonchev–Trinajstić information content (AvgIpc) is 3.03. The second-order valence-corrected chi connectivity index (χ2v) is 5.32. The molecule has 18 heavy (non-hydrogen) atoms. The molecule has 5 heteroatoms. The largest absolute Gasteiger partial charge is 0.416 e. The lowest BCUT2D eigenvalue weighted by molar-refractivity contribution is -0.137. The lowest BCUT2D eigenvalue weighted by Crippen LogP contribution is -2.16. The standard InChI is InChI=1S/C13H15ClF3N/c1-8(6-9-2-3-9)18-12-7-10(13(15,16)17)4-5-11(12)14/h4-5,7-9,18H,2-3,6H2,1H3. The van der Waals surface area contributed by atoms with Crippen molar-refractivity contribution in [2.75, 3.05) is 5.32 Å². The van der Waals surface area contributed by atoms with Crippen LogP contribution in [0.25, 0.3) is 0 Å². The highest BCUT2D eigenvalue weighted by atomic mass is 35.5. The molecule has 1 aliphatic carbocycles. The fourth-order valence-corrected chi connectivity index (χ4v) is 2.16. The first kappa shape index (κ1) is 13.5. The van der Waals surface area contributed by atoms with Gasteiger partial charge in [-0.1, -0.05) is 24.4 Å². The Morgan fingerprint density at radius 2 is 2.06 bits per heavy atom. The van der Waals surface area contributed by atoms with Crippen LogP contribution in [-0.2, 0) is 6.18 Å². The van der Waals surface area contributed by atoms with Gasteiger partial charge >= 0.3 is 6.18 Å². The number of alkyl halides is 3. The Labute approximate surface area is 109 Å². The van der Waals surface area contributed by atoms with Gasteiger partial charge in [0, 0.05) is 6.04 Å². The van der Waals surface area contributed by atoms with Crippen LogP contribution in [0.4, 0.5) is 18.9 Å². The molecule has 1 fully saturated rings. The van der Waals surface area contributed by atoms with E-state index in [1.165, 1.54) is 18.9 Å². The maximum Gasteiger partial charge on any atom is 0.416 e. The van der Waals surface area contributed by atoms with Gasteiger partial charge in [-0.3, -0.25) is 0 Å². The molecule has 0 aromatic heterocycles. The van der Waals surface area contributed by atoms with Crippen molar-refractivity contribution in [3.05, 3.63) is 28.8 Å². The first-order chi connectivity index (χ1) is 8.36. The molecule has 0 saturated heterocycles. The van der Waals surface area contributed by atoms with E-state index in [4.69, 9.17) is 11.6 Å². The Hall–Kier alpha value is -0.900. The number of hydrogen-bond acceptors (Lipinski definition) is 1. The second kappa shape index (κ2) is 5.00. The van der Waals surface area contributed by atoms with Crippen molar-refractivity contribution in [3.63, 3.8) is 0 Å². The van der Waals surface area contributed by atoms with Crippen LogP contribution in [0.2, 0.25) is 5.02 Å². The Morgan fingerprint density at radius 1 is 1.39 bits per heavy atom. The van der Waals surface area contributed by atoms with Gasteiger partial charge in [-0.25, -0.2) is 0 Å². The molecule has 1 N–H and O–H groups in total. The molecule has 1 unspecified atom stereocenters. The van der Waals surface area contributed by atoms with Gasteiger partial charge in [-0.2, -0.15) is 13.2 Å². The van der Waals surface area contributed by atoms with E-state index in [0.717, 1.165) is 24.5 Å². The number of halogens is 4. The molecule has 0 spiro atoms. The summed E-state index contributed by atoms with van der Waals surface area (Å²) in [5.74, 6) is 0.720. The second-order valence-electron chi connectivity index (χ2n) is 4.92. The zero-order valence-corrected chi connectivity index (χ0v) is 10.8. The van der Waals surface area contributed by atoms with Crippen LogP contribution < -0.4 is 5.32 Å². The maximum absolute atomic E-state index is 12.6. The van der Waals surface area contributed by atoms with Crippen LogP contribution in [0, 0.1) is 5.92 Å². The predicted molar refractivity (Wildman–Crippen MR) is 66.9 cm³/mol. The van der Waals surface area contributed by atoms with Crippen molar-refractivity contribution in [2.45, 2.75) is 38.4 Å². The molecule has 0 bridgehead atoms. The molecule has 2 rings (SSSR count). The van der Waals surface area contributed by atoms with Crippen molar-refractivity contribution >= 4 is 17.3 Å². The van der Waals surface area contributed by atoms with Crippen LogP contribution in [0.5, 0.6) is 0 Å². The summed E-state index contributed by atoms with van der Waals surface area (Å²) in [6, 6.07) is 3.50. The summed E-state index contributed by atoms with van der Waals surface area (Å²) in [5.41, 5.74) is -0.312. The van der Waals surface area contributed by atoms with Crippen molar-refractivity contribution in [1.82, 2.24) is 0 Å². The van der Waals surface area contributed by atoms with Gasteiger partial charge in [-0.05, 0) is 37.5 Å². The molecule has 0 amide bonds. The summed E-state index contributed by atoms with van der Waals surface area (Å²) in [4.78, 5) is 0. The van der Waals surface area contributed by atoms with Crippen LogP contribution >= 0.6 is 11.6 Å². The number of hydrogen-bond donors (Lipinski definition) is 1. The van der Waals surface area contributed by atoms with Gasteiger partial charge in [-0.15, -0.1) is 0 Å². The van der Waals surface area contributed by atoms with Gasteiger partial charge in [0.15, 0.2) is 0 Å². The topological polar surface area (TPSA) is 12.0 Å². The average molecular weight is 278 g/mol. The zero-order chi connectivity index (χ0) is 13.3. The third kappa shape index (κ3) is 3.55. The lowest BCUT2D eigenvalue weighted by atomic mass is 10.1. The molecule has 0 aliphatic heterocycles. The first-order valence-electron chi connectivity index (χ1n) is 5.99. The van der Waals surface area contributed by atoms with E-state index in [-0.39, 0.29) is 6.04 Å². The highest BCUT2D eigenvalue weighted by Crippen LogP contribution is 2.36. The summed E-state index contributed by atoms with van der Waals surface area (Å²) in [7, 11) is 0. The molecule has 1 atom stereocenters. The van der Waals surface area contributed by atoms with E-state index in [0.29, 0.717) is 10.7 Å². The third-order valence-corrected chi connectivity index (χ3v) is 3.41. The Morgan fingerprint density at radius 3 is 2.61 bits per heavy atom. The molecule has 100 valence electrons. The minimum atomic E-state index is -4.33. The van der Waals surface area contributed by atoms with E-state index in [1.807, 2.05) is 6.92 Å². The molecule has 1 saturated carbocycles. The summed E-state index contributed by atoms with van der Waals surface area (Å²) < 4.78 is 37.8. The summed E-state index contributed by atoms with van der Waals surface area (Å²) in [6.07, 6.45) is -0.905. The molecule has 1 nitrogen and oxygen atoms in total. The highest BCUT2D eigenvalue weighted by molar-refractivity contribution is 6.33. The van der Waals surface area contributed by atoms with Gasteiger partial charge in [0.1, 0.15) is 0 Å². The van der Waals surface area contributed by atoms with Crippen LogP contribution in [0.1, 0.15) is 31.7 Å². The van der Waals surface area contributed by atoms with E-state index in [2.05, 4.69) is 5.32 Å². The van der Waals surface area contributed by atoms with Crippen molar-refractivity contribution in [3.8, 4) is 0 Å². The number of nitrogens with one attached hydrogen (secondary N) is 1. The Balaban J connectivity index is 2.10. The molecule has 1 aromatic rings. The highest BCUT2D eigenvalue weighted by Gasteiger charge is 2.31. The van der Waals surface area contributed by atoms with Crippen LogP contribution in [-0.4, -0.2) is 6.04 Å². The maximum atomic E-state index is 12.6. The number of anilines is 1. The first-order valence-corrected chi connectivity index (χ1v) is 6.37. The van der Waals surface area contributed by atoms with Crippen LogP contribution in [0.15, 0.2) is 18.2 Å². The molecule has 1 aromatic carbocycles. The quantitative estimate of drug-likeness (QED) is 0.820. The van der Waals surface area contributed by atoms with E-state index in [9.17, 15) is 13.2 Å². The monoisotopic (exact) mass is 277 g/mol.